The van der Waals surface area contributed by atoms with Crippen molar-refractivity contribution in [1.29, 1.82) is 0 Å². The first-order valence-corrected chi connectivity index (χ1v) is 8.36. The first-order valence-electron chi connectivity index (χ1n) is 8.36. The van der Waals surface area contributed by atoms with E-state index in [1.807, 2.05) is 32.9 Å². The van der Waals surface area contributed by atoms with Gasteiger partial charge in [-0.2, -0.15) is 0 Å². The molecule has 1 aromatic rings. The third-order valence-corrected chi connectivity index (χ3v) is 4.73. The molecule has 1 heterocycles. The highest BCUT2D eigenvalue weighted by molar-refractivity contribution is 5.91. The molecule has 1 aliphatic heterocycles. The average molecular weight is 303 g/mol. The molecule has 122 valence electrons. The zero-order valence-electron chi connectivity index (χ0n) is 14.5. The lowest BCUT2D eigenvalue weighted by atomic mass is 9.83. The van der Waals surface area contributed by atoms with Crippen LogP contribution in [0.4, 0.5) is 0 Å². The molecule has 3 heteroatoms. The van der Waals surface area contributed by atoms with Crippen molar-refractivity contribution in [2.24, 2.45) is 5.92 Å². The maximum Gasteiger partial charge on any atom is 0.338 e. The van der Waals surface area contributed by atoms with E-state index in [1.54, 1.807) is 0 Å². The molecule has 0 bridgehead atoms. The van der Waals surface area contributed by atoms with Crippen LogP contribution >= 0.6 is 0 Å². The van der Waals surface area contributed by atoms with Crippen molar-refractivity contribution in [2.45, 2.75) is 59.0 Å². The summed E-state index contributed by atoms with van der Waals surface area (Å²) in [5.74, 6) is 0.547. The van der Waals surface area contributed by atoms with Crippen LogP contribution in [0.3, 0.4) is 0 Å². The van der Waals surface area contributed by atoms with Crippen LogP contribution in [0.2, 0.25) is 0 Å². The SMILES string of the molecule is Cc1ccc(C(C)C)c(C(=O)OC(C)(C)C2CCNCC2)c1. The minimum Gasteiger partial charge on any atom is -0.456 e. The van der Waals surface area contributed by atoms with Gasteiger partial charge >= 0.3 is 5.97 Å². The van der Waals surface area contributed by atoms with Crippen LogP contribution in [-0.4, -0.2) is 24.7 Å². The monoisotopic (exact) mass is 303 g/mol. The Kier molecular flexibility index (Phi) is 5.28. The van der Waals surface area contributed by atoms with Crippen LogP contribution in [-0.2, 0) is 4.74 Å². The number of hydrogen-bond donors (Lipinski definition) is 1. The summed E-state index contributed by atoms with van der Waals surface area (Å²) in [5, 5.41) is 3.36. The number of hydrogen-bond acceptors (Lipinski definition) is 3. The molecule has 1 aromatic carbocycles. The maximum absolute atomic E-state index is 12.7. The zero-order chi connectivity index (χ0) is 16.3. The van der Waals surface area contributed by atoms with Crippen molar-refractivity contribution in [2.75, 3.05) is 13.1 Å². The number of carbonyl (C=O) groups is 1. The van der Waals surface area contributed by atoms with Gasteiger partial charge in [0.1, 0.15) is 5.60 Å². The normalized spacial score (nSPS) is 16.8. The Morgan fingerprint density at radius 1 is 1.27 bits per heavy atom. The lowest BCUT2D eigenvalue weighted by Crippen LogP contribution is -2.42. The number of carbonyl (C=O) groups excluding carboxylic acids is 1. The number of ether oxygens (including phenoxy) is 1. The molecule has 0 unspecified atom stereocenters. The maximum atomic E-state index is 12.7. The highest BCUT2D eigenvalue weighted by atomic mass is 16.6. The number of benzene rings is 1. The van der Waals surface area contributed by atoms with Gasteiger partial charge in [0.15, 0.2) is 0 Å². The van der Waals surface area contributed by atoms with E-state index in [2.05, 4.69) is 25.2 Å². The van der Waals surface area contributed by atoms with E-state index in [-0.39, 0.29) is 5.97 Å². The van der Waals surface area contributed by atoms with Gasteiger partial charge in [-0.15, -0.1) is 0 Å². The van der Waals surface area contributed by atoms with Gasteiger partial charge in [-0.05, 0) is 64.3 Å². The predicted octanol–water partition coefficient (Wildman–Crippen LogP) is 4.05. The first kappa shape index (κ1) is 17.0. The van der Waals surface area contributed by atoms with Crippen LogP contribution in [0, 0.1) is 12.8 Å². The summed E-state index contributed by atoms with van der Waals surface area (Å²) in [6.45, 7) is 12.3. The Labute approximate surface area is 134 Å². The third kappa shape index (κ3) is 3.89. The topological polar surface area (TPSA) is 38.3 Å². The molecule has 0 aromatic heterocycles. The van der Waals surface area contributed by atoms with Crippen molar-refractivity contribution < 1.29 is 9.53 Å². The summed E-state index contributed by atoms with van der Waals surface area (Å²) in [6, 6.07) is 6.06. The summed E-state index contributed by atoms with van der Waals surface area (Å²) >= 11 is 0. The molecule has 1 N–H and O–H groups in total. The van der Waals surface area contributed by atoms with Crippen molar-refractivity contribution in [3.8, 4) is 0 Å². The lowest BCUT2D eigenvalue weighted by molar-refractivity contribution is -0.0369. The number of esters is 1. The highest BCUT2D eigenvalue weighted by Gasteiger charge is 2.34. The Hall–Kier alpha value is -1.35. The molecule has 0 amide bonds. The quantitative estimate of drug-likeness (QED) is 0.853. The summed E-state index contributed by atoms with van der Waals surface area (Å²) in [7, 11) is 0. The van der Waals surface area contributed by atoms with Crippen LogP contribution in [0.15, 0.2) is 18.2 Å². The molecular weight excluding hydrogens is 274 g/mol. The summed E-state index contributed by atoms with van der Waals surface area (Å²) in [4.78, 5) is 12.7. The minimum absolute atomic E-state index is 0.184. The molecule has 1 fully saturated rings. The van der Waals surface area contributed by atoms with Crippen molar-refractivity contribution in [3.63, 3.8) is 0 Å². The third-order valence-electron chi connectivity index (χ3n) is 4.73. The van der Waals surface area contributed by atoms with Gasteiger partial charge < -0.3 is 10.1 Å². The largest absolute Gasteiger partial charge is 0.456 e. The molecule has 0 spiro atoms. The average Bonchev–Trinajstić information content (AvgIpc) is 2.47. The van der Waals surface area contributed by atoms with Gasteiger partial charge in [0.2, 0.25) is 0 Å². The number of rotatable bonds is 4. The van der Waals surface area contributed by atoms with Crippen LogP contribution < -0.4 is 5.32 Å². The molecular formula is C19H29NO2. The molecule has 0 radical (unpaired) electrons. The second-order valence-electron chi connectivity index (χ2n) is 7.26. The molecule has 3 nitrogen and oxygen atoms in total. The lowest BCUT2D eigenvalue weighted by Gasteiger charge is -2.37. The van der Waals surface area contributed by atoms with Gasteiger partial charge in [0, 0.05) is 5.92 Å². The first-order chi connectivity index (χ1) is 10.3. The van der Waals surface area contributed by atoms with E-state index in [0.29, 0.717) is 11.8 Å². The summed E-state index contributed by atoms with van der Waals surface area (Å²) < 4.78 is 5.94. The number of piperidine rings is 1. The smallest absolute Gasteiger partial charge is 0.338 e. The molecule has 1 aliphatic rings. The van der Waals surface area contributed by atoms with Crippen molar-refractivity contribution in [3.05, 3.63) is 34.9 Å². The second-order valence-corrected chi connectivity index (χ2v) is 7.26. The van der Waals surface area contributed by atoms with Crippen molar-refractivity contribution >= 4 is 5.97 Å². The molecule has 0 saturated carbocycles. The molecule has 0 aliphatic carbocycles. The predicted molar refractivity (Wildman–Crippen MR) is 90.4 cm³/mol. The van der Waals surface area contributed by atoms with E-state index in [1.165, 1.54) is 0 Å². The van der Waals surface area contributed by atoms with Crippen LogP contribution in [0.1, 0.15) is 67.9 Å². The van der Waals surface area contributed by atoms with Gasteiger partial charge in [-0.1, -0.05) is 31.5 Å². The van der Waals surface area contributed by atoms with E-state index in [0.717, 1.165) is 42.6 Å². The fourth-order valence-electron chi connectivity index (χ4n) is 3.24. The summed E-state index contributed by atoms with van der Waals surface area (Å²) in [6.07, 6.45) is 2.12. The fourth-order valence-corrected chi connectivity index (χ4v) is 3.24. The van der Waals surface area contributed by atoms with Crippen molar-refractivity contribution in [1.82, 2.24) is 5.32 Å². The Balaban J connectivity index is 2.19. The molecule has 0 atom stereocenters. The van der Waals surface area contributed by atoms with E-state index in [4.69, 9.17) is 4.74 Å². The van der Waals surface area contributed by atoms with Gasteiger partial charge in [-0.25, -0.2) is 4.79 Å². The Morgan fingerprint density at radius 2 is 1.91 bits per heavy atom. The van der Waals surface area contributed by atoms with Crippen LogP contribution in [0.5, 0.6) is 0 Å². The molecule has 1 saturated heterocycles. The Bertz CT molecular complexity index is 528. The Morgan fingerprint density at radius 3 is 2.50 bits per heavy atom. The second kappa shape index (κ2) is 6.82. The summed E-state index contributed by atoms with van der Waals surface area (Å²) in [5.41, 5.74) is 2.46. The van der Waals surface area contributed by atoms with Gasteiger partial charge in [-0.3, -0.25) is 0 Å². The zero-order valence-corrected chi connectivity index (χ0v) is 14.5. The van der Waals surface area contributed by atoms with E-state index >= 15 is 0 Å². The van der Waals surface area contributed by atoms with E-state index in [9.17, 15) is 4.79 Å². The molecule has 22 heavy (non-hydrogen) atoms. The number of nitrogens with one attached hydrogen (secondary N) is 1. The highest BCUT2D eigenvalue weighted by Crippen LogP contribution is 2.31. The number of aryl methyl sites for hydroxylation is 1. The standard InChI is InChI=1S/C19H29NO2/c1-13(2)16-7-6-14(3)12-17(16)18(21)22-19(4,5)15-8-10-20-11-9-15/h6-7,12-13,15,20H,8-11H2,1-5H3. The fraction of sp³-hybridized carbons (Fsp3) is 0.632. The van der Waals surface area contributed by atoms with Gasteiger partial charge in [0.25, 0.3) is 0 Å². The van der Waals surface area contributed by atoms with Crippen LogP contribution in [0.25, 0.3) is 0 Å². The molecule has 2 rings (SSSR count). The van der Waals surface area contributed by atoms with E-state index < -0.39 is 5.60 Å². The van der Waals surface area contributed by atoms with Gasteiger partial charge in [0.05, 0.1) is 5.56 Å². The minimum atomic E-state index is -0.419.